The van der Waals surface area contributed by atoms with Gasteiger partial charge in [-0.2, -0.15) is 0 Å². The minimum Gasteiger partial charge on any atom is -0.480 e. The molecule has 0 atom stereocenters. The maximum absolute atomic E-state index is 9.34. The van der Waals surface area contributed by atoms with E-state index in [0.717, 1.165) is 5.56 Å². The lowest BCUT2D eigenvalue weighted by Gasteiger charge is -2.01. The van der Waals surface area contributed by atoms with E-state index in [9.17, 15) is 5.11 Å². The van der Waals surface area contributed by atoms with E-state index in [1.165, 1.54) is 0 Å². The summed E-state index contributed by atoms with van der Waals surface area (Å²) in [7, 11) is 0. The normalized spacial score (nSPS) is 12.7. The summed E-state index contributed by atoms with van der Waals surface area (Å²) in [6.45, 7) is 3.94. The van der Waals surface area contributed by atoms with Gasteiger partial charge in [-0.25, -0.2) is 0 Å². The third kappa shape index (κ3) is 3.85. The first-order valence-corrected chi connectivity index (χ1v) is 4.85. The molecule has 1 N–H and O–H groups in total. The van der Waals surface area contributed by atoms with Gasteiger partial charge in [0, 0.05) is 6.21 Å². The minimum absolute atomic E-state index is 0.121. The van der Waals surface area contributed by atoms with Crippen LogP contribution in [0.2, 0.25) is 0 Å². The topological polar surface area (TPSA) is 41.8 Å². The highest BCUT2D eigenvalue weighted by atomic mass is 16.6. The second-order valence-corrected chi connectivity index (χ2v) is 2.99. The summed E-state index contributed by atoms with van der Waals surface area (Å²) in [6, 6.07) is 9.69. The minimum atomic E-state index is -0.121. The third-order valence-electron chi connectivity index (χ3n) is 1.80. The van der Waals surface area contributed by atoms with Gasteiger partial charge in [0.05, 0.1) is 6.61 Å². The monoisotopic (exact) mass is 205 g/mol. The lowest BCUT2D eigenvalue weighted by Crippen LogP contribution is -1.93. The van der Waals surface area contributed by atoms with Crippen LogP contribution in [0.4, 0.5) is 0 Å². The van der Waals surface area contributed by atoms with E-state index in [1.807, 2.05) is 37.3 Å². The van der Waals surface area contributed by atoms with Crippen LogP contribution in [-0.2, 0) is 4.74 Å². The van der Waals surface area contributed by atoms with Crippen LogP contribution in [0.5, 0.6) is 0 Å². The Morgan fingerprint density at radius 1 is 1.40 bits per heavy atom. The molecule has 0 saturated carbocycles. The highest BCUT2D eigenvalue weighted by Gasteiger charge is 1.97. The Labute approximate surface area is 89.7 Å². The Hall–Kier alpha value is -1.77. The highest BCUT2D eigenvalue weighted by Crippen LogP contribution is 2.04. The zero-order chi connectivity index (χ0) is 11.1. The molecule has 0 bridgehead atoms. The third-order valence-corrected chi connectivity index (χ3v) is 1.80. The lowest BCUT2D eigenvalue weighted by atomic mass is 10.2. The van der Waals surface area contributed by atoms with Crippen LogP contribution in [0.1, 0.15) is 19.4 Å². The Kier molecular flexibility index (Phi) is 4.41. The van der Waals surface area contributed by atoms with Gasteiger partial charge in [0.25, 0.3) is 5.95 Å². The SMILES string of the molecule is CCO/C(O)=C(\C)N=Cc1ccccc1. The zero-order valence-electron chi connectivity index (χ0n) is 8.97. The molecular formula is C12H15NO2. The number of hydrogen-bond donors (Lipinski definition) is 1. The molecular weight excluding hydrogens is 190 g/mol. The van der Waals surface area contributed by atoms with Crippen LogP contribution in [0, 0.1) is 0 Å². The quantitative estimate of drug-likeness (QED) is 0.606. The van der Waals surface area contributed by atoms with Gasteiger partial charge >= 0.3 is 0 Å². The summed E-state index contributed by atoms with van der Waals surface area (Å²) in [4.78, 5) is 4.09. The molecule has 1 aromatic rings. The Morgan fingerprint density at radius 3 is 2.67 bits per heavy atom. The molecule has 3 heteroatoms. The van der Waals surface area contributed by atoms with Gasteiger partial charge in [-0.15, -0.1) is 0 Å². The van der Waals surface area contributed by atoms with E-state index in [1.54, 1.807) is 13.1 Å². The smallest absolute Gasteiger partial charge is 0.298 e. The van der Waals surface area contributed by atoms with E-state index in [0.29, 0.717) is 12.3 Å². The van der Waals surface area contributed by atoms with Crippen molar-refractivity contribution in [2.75, 3.05) is 6.61 Å². The molecule has 0 aliphatic carbocycles. The van der Waals surface area contributed by atoms with E-state index in [4.69, 9.17) is 4.74 Å². The van der Waals surface area contributed by atoms with Crippen molar-refractivity contribution in [3.8, 4) is 0 Å². The molecule has 1 aromatic carbocycles. The van der Waals surface area contributed by atoms with Crippen molar-refractivity contribution in [1.82, 2.24) is 0 Å². The number of nitrogens with zero attached hydrogens (tertiary/aromatic N) is 1. The van der Waals surface area contributed by atoms with Crippen molar-refractivity contribution >= 4 is 6.21 Å². The number of hydrogen-bond acceptors (Lipinski definition) is 3. The Bertz CT molecular complexity index is 355. The maximum Gasteiger partial charge on any atom is 0.298 e. The second kappa shape index (κ2) is 5.86. The molecule has 0 aliphatic rings. The number of aliphatic hydroxyl groups is 1. The summed E-state index contributed by atoms with van der Waals surface area (Å²) < 4.78 is 4.91. The standard InChI is InChI=1S/C12H15NO2/c1-3-15-12(14)10(2)13-9-11-7-5-4-6-8-11/h4-9,14H,3H2,1-2H3/b12-10+,13-9?. The highest BCUT2D eigenvalue weighted by molar-refractivity contribution is 5.80. The van der Waals surface area contributed by atoms with Crippen molar-refractivity contribution in [3.63, 3.8) is 0 Å². The van der Waals surface area contributed by atoms with E-state index in [-0.39, 0.29) is 5.95 Å². The van der Waals surface area contributed by atoms with Gasteiger partial charge in [-0.05, 0) is 19.4 Å². The zero-order valence-corrected chi connectivity index (χ0v) is 8.97. The van der Waals surface area contributed by atoms with Crippen molar-refractivity contribution in [3.05, 3.63) is 47.5 Å². The van der Waals surface area contributed by atoms with Crippen molar-refractivity contribution in [1.29, 1.82) is 0 Å². The van der Waals surface area contributed by atoms with Crippen LogP contribution in [0.15, 0.2) is 47.0 Å². The number of aliphatic hydroxyl groups excluding tert-OH is 1. The fourth-order valence-electron chi connectivity index (χ4n) is 1.01. The molecule has 0 heterocycles. The lowest BCUT2D eigenvalue weighted by molar-refractivity contribution is 0.0976. The molecule has 0 spiro atoms. The predicted molar refractivity (Wildman–Crippen MR) is 61.0 cm³/mol. The number of allylic oxidation sites excluding steroid dienone is 1. The summed E-state index contributed by atoms with van der Waals surface area (Å²) >= 11 is 0. The number of aliphatic imine (C=N–C) groups is 1. The molecule has 0 saturated heterocycles. The Morgan fingerprint density at radius 2 is 2.07 bits per heavy atom. The molecule has 0 aromatic heterocycles. The summed E-state index contributed by atoms with van der Waals surface area (Å²) in [5.41, 5.74) is 1.46. The largest absolute Gasteiger partial charge is 0.480 e. The van der Waals surface area contributed by atoms with E-state index in [2.05, 4.69) is 4.99 Å². The number of ether oxygens (including phenoxy) is 1. The average molecular weight is 205 g/mol. The van der Waals surface area contributed by atoms with Crippen LogP contribution in [0.3, 0.4) is 0 Å². The van der Waals surface area contributed by atoms with E-state index >= 15 is 0 Å². The molecule has 0 fully saturated rings. The van der Waals surface area contributed by atoms with Gasteiger partial charge < -0.3 is 9.84 Å². The first-order valence-electron chi connectivity index (χ1n) is 4.85. The molecule has 0 radical (unpaired) electrons. The first-order chi connectivity index (χ1) is 7.24. The van der Waals surface area contributed by atoms with Gasteiger partial charge in [0.15, 0.2) is 0 Å². The fourth-order valence-corrected chi connectivity index (χ4v) is 1.01. The summed E-state index contributed by atoms with van der Waals surface area (Å²) in [5, 5.41) is 9.34. The second-order valence-electron chi connectivity index (χ2n) is 2.99. The Balaban J connectivity index is 2.70. The van der Waals surface area contributed by atoms with Gasteiger partial charge in [0.2, 0.25) is 0 Å². The summed E-state index contributed by atoms with van der Waals surface area (Å²) in [6.07, 6.45) is 1.69. The van der Waals surface area contributed by atoms with Gasteiger partial charge in [-0.1, -0.05) is 30.3 Å². The van der Waals surface area contributed by atoms with Gasteiger partial charge in [0.1, 0.15) is 5.70 Å². The van der Waals surface area contributed by atoms with Crippen molar-refractivity contribution in [2.45, 2.75) is 13.8 Å². The first kappa shape index (κ1) is 11.3. The molecule has 80 valence electrons. The predicted octanol–water partition coefficient (Wildman–Crippen LogP) is 2.89. The van der Waals surface area contributed by atoms with E-state index < -0.39 is 0 Å². The molecule has 3 nitrogen and oxygen atoms in total. The molecule has 0 unspecified atom stereocenters. The summed E-state index contributed by atoms with van der Waals surface area (Å²) in [5.74, 6) is -0.121. The number of rotatable bonds is 4. The average Bonchev–Trinajstić information content (AvgIpc) is 2.27. The van der Waals surface area contributed by atoms with Crippen LogP contribution >= 0.6 is 0 Å². The molecule has 0 amide bonds. The molecule has 15 heavy (non-hydrogen) atoms. The van der Waals surface area contributed by atoms with Crippen LogP contribution in [-0.4, -0.2) is 17.9 Å². The maximum atomic E-state index is 9.34. The number of benzene rings is 1. The van der Waals surface area contributed by atoms with Crippen molar-refractivity contribution in [2.24, 2.45) is 4.99 Å². The van der Waals surface area contributed by atoms with Crippen molar-refractivity contribution < 1.29 is 9.84 Å². The fraction of sp³-hybridized carbons (Fsp3) is 0.250. The van der Waals surface area contributed by atoms with Gasteiger partial charge in [-0.3, -0.25) is 4.99 Å². The van der Waals surface area contributed by atoms with Crippen LogP contribution in [0.25, 0.3) is 0 Å². The molecule has 1 rings (SSSR count). The van der Waals surface area contributed by atoms with Crippen LogP contribution < -0.4 is 0 Å². The molecule has 0 aliphatic heterocycles.